The van der Waals surface area contributed by atoms with Crippen LogP contribution in [-0.4, -0.2) is 176 Å². The van der Waals surface area contributed by atoms with Gasteiger partial charge in [0.15, 0.2) is 12.6 Å². The number of methoxy groups -OCH3 is 1. The Balaban J connectivity index is 1.39. The summed E-state index contributed by atoms with van der Waals surface area (Å²) in [6.07, 6.45) is -17.7. The molecule has 3 heterocycles. The van der Waals surface area contributed by atoms with Gasteiger partial charge in [0.25, 0.3) is 0 Å². The highest BCUT2D eigenvalue weighted by Crippen LogP contribution is 2.45. The topological polar surface area (TPSA) is 258 Å². The second-order valence-corrected chi connectivity index (χ2v) is 12.8. The third-order valence-corrected chi connectivity index (χ3v) is 10.0. The molecule has 5 aliphatic rings. The van der Waals surface area contributed by atoms with Crippen molar-refractivity contribution in [3.05, 3.63) is 0 Å². The lowest BCUT2D eigenvalue weighted by molar-refractivity contribution is -0.344. The molecule has 2 saturated carbocycles. The minimum absolute atomic E-state index is 0.109. The number of aliphatic hydroxyl groups excluding tert-OH is 10. The second-order valence-electron chi connectivity index (χ2n) is 12.8. The average molecular weight is 641 g/mol. The number of hydrogen-bond donors (Lipinski definition) is 10. The van der Waals surface area contributed by atoms with Gasteiger partial charge in [-0.2, -0.15) is 0 Å². The van der Waals surface area contributed by atoms with Gasteiger partial charge in [0, 0.05) is 19.4 Å². The molecule has 2 aliphatic carbocycles. The Kier molecular flexibility index (Phi) is 11.5. The van der Waals surface area contributed by atoms with Crippen LogP contribution in [0.3, 0.4) is 0 Å². The van der Waals surface area contributed by atoms with Crippen LogP contribution in [0.5, 0.6) is 0 Å². The molecule has 16 heteroatoms. The van der Waals surface area contributed by atoms with E-state index < -0.39 is 123 Å². The summed E-state index contributed by atoms with van der Waals surface area (Å²) in [6.45, 7) is -1.27. The minimum Gasteiger partial charge on any atom is -0.394 e. The van der Waals surface area contributed by atoms with E-state index in [4.69, 9.17) is 28.4 Å². The van der Waals surface area contributed by atoms with Crippen molar-refractivity contribution in [3.8, 4) is 0 Å². The molecule has 5 rings (SSSR count). The number of hydrogen-bond acceptors (Lipinski definition) is 16. The Hall–Kier alpha value is -0.640. The first-order chi connectivity index (χ1) is 21.0. The minimum atomic E-state index is -1.66. The van der Waals surface area contributed by atoms with Crippen molar-refractivity contribution in [2.45, 2.75) is 143 Å². The first kappa shape index (κ1) is 34.7. The van der Waals surface area contributed by atoms with Gasteiger partial charge in [-0.3, -0.25) is 0 Å². The predicted molar refractivity (Wildman–Crippen MR) is 143 cm³/mol. The molecular formula is C28H48O16. The van der Waals surface area contributed by atoms with E-state index in [1.165, 1.54) is 7.11 Å². The Morgan fingerprint density at radius 2 is 1.16 bits per heavy atom. The summed E-state index contributed by atoms with van der Waals surface area (Å²) in [6, 6.07) is 0. The lowest BCUT2D eigenvalue weighted by Crippen LogP contribution is -2.63. The molecule has 3 saturated heterocycles. The average Bonchev–Trinajstić information content (AvgIpc) is 3.01. The van der Waals surface area contributed by atoms with E-state index in [0.29, 0.717) is 19.3 Å². The van der Waals surface area contributed by atoms with Crippen molar-refractivity contribution in [2.24, 2.45) is 11.8 Å². The molecule has 19 unspecified atom stereocenters. The molecule has 16 nitrogen and oxygen atoms in total. The molecule has 3 aliphatic heterocycles. The Bertz CT molecular complexity index is 911. The SMILES string of the molecule is COC1CC(C2OC3CC(O)CC(OC4OC(CO)C(O)C(O)C4O)C3CC2OC2OC(CO)C(O)C(O)C2O)CCC1O. The predicted octanol–water partition coefficient (Wildman–Crippen LogP) is -4.54. The van der Waals surface area contributed by atoms with Gasteiger partial charge >= 0.3 is 0 Å². The lowest BCUT2D eigenvalue weighted by Gasteiger charge is -2.52. The zero-order valence-electron chi connectivity index (χ0n) is 24.5. The molecule has 0 bridgehead atoms. The fraction of sp³-hybridized carbons (Fsp3) is 1.00. The largest absolute Gasteiger partial charge is 0.394 e. The fourth-order valence-electron chi connectivity index (χ4n) is 7.48. The molecule has 0 aromatic heterocycles. The first-order valence-corrected chi connectivity index (χ1v) is 15.4. The highest BCUT2D eigenvalue weighted by atomic mass is 16.7. The maximum Gasteiger partial charge on any atom is 0.187 e. The number of ether oxygens (including phenoxy) is 6. The highest BCUT2D eigenvalue weighted by Gasteiger charge is 2.54. The van der Waals surface area contributed by atoms with E-state index in [2.05, 4.69) is 0 Å². The molecule has 5 fully saturated rings. The van der Waals surface area contributed by atoms with Crippen LogP contribution < -0.4 is 0 Å². The van der Waals surface area contributed by atoms with Crippen molar-refractivity contribution >= 4 is 0 Å². The Labute approximate surface area is 254 Å². The van der Waals surface area contributed by atoms with Crippen molar-refractivity contribution in [2.75, 3.05) is 20.3 Å². The van der Waals surface area contributed by atoms with Crippen LogP contribution >= 0.6 is 0 Å². The molecule has 0 radical (unpaired) electrons. The van der Waals surface area contributed by atoms with Gasteiger partial charge in [-0.05, 0) is 38.0 Å². The summed E-state index contributed by atoms with van der Waals surface area (Å²) >= 11 is 0. The van der Waals surface area contributed by atoms with Crippen LogP contribution in [0.2, 0.25) is 0 Å². The van der Waals surface area contributed by atoms with Gasteiger partial charge in [0.2, 0.25) is 0 Å². The third-order valence-electron chi connectivity index (χ3n) is 10.0. The summed E-state index contributed by atoms with van der Waals surface area (Å²) in [5.74, 6) is -0.646. The quantitative estimate of drug-likeness (QED) is 0.120. The fourth-order valence-corrected chi connectivity index (χ4v) is 7.48. The van der Waals surface area contributed by atoms with Gasteiger partial charge in [0.1, 0.15) is 48.8 Å². The molecule has 256 valence electrons. The van der Waals surface area contributed by atoms with Crippen LogP contribution in [0.1, 0.15) is 38.5 Å². The standard InChI is InChI=1S/C28H48O16/c1-39-16-4-10(2-3-13(16)32)26-17(42-28-25(38)23(36)21(34)19(9-30)44-28)7-12-14(40-26)5-11(31)6-15(12)41-27-24(37)22(35)20(33)18(8-29)43-27/h10-38H,2-9H2,1H3. The summed E-state index contributed by atoms with van der Waals surface area (Å²) < 4.78 is 35.7. The van der Waals surface area contributed by atoms with E-state index in [9.17, 15) is 51.1 Å². The van der Waals surface area contributed by atoms with Crippen LogP contribution in [-0.2, 0) is 28.4 Å². The van der Waals surface area contributed by atoms with E-state index in [0.717, 1.165) is 0 Å². The monoisotopic (exact) mass is 640 g/mol. The molecule has 44 heavy (non-hydrogen) atoms. The van der Waals surface area contributed by atoms with E-state index in [1.54, 1.807) is 0 Å². The number of fused-ring (bicyclic) bond motifs is 1. The highest BCUT2D eigenvalue weighted by molar-refractivity contribution is 5.00. The second kappa shape index (κ2) is 14.6. The van der Waals surface area contributed by atoms with Crippen molar-refractivity contribution in [1.82, 2.24) is 0 Å². The molecular weight excluding hydrogens is 592 g/mol. The lowest BCUT2D eigenvalue weighted by atomic mass is 9.72. The van der Waals surface area contributed by atoms with E-state index in [1.807, 2.05) is 0 Å². The van der Waals surface area contributed by atoms with E-state index >= 15 is 0 Å². The summed E-state index contributed by atoms with van der Waals surface area (Å²) in [5, 5.41) is 103. The van der Waals surface area contributed by atoms with Crippen molar-refractivity contribution < 1.29 is 79.5 Å². The molecule has 0 aromatic carbocycles. The summed E-state index contributed by atoms with van der Waals surface area (Å²) in [5.41, 5.74) is 0. The van der Waals surface area contributed by atoms with Gasteiger partial charge in [-0.1, -0.05) is 0 Å². The Morgan fingerprint density at radius 1 is 0.591 bits per heavy atom. The van der Waals surface area contributed by atoms with E-state index in [-0.39, 0.29) is 25.2 Å². The molecule has 10 N–H and O–H groups in total. The van der Waals surface area contributed by atoms with Crippen molar-refractivity contribution in [3.63, 3.8) is 0 Å². The summed E-state index contributed by atoms with van der Waals surface area (Å²) in [7, 11) is 1.51. The third kappa shape index (κ3) is 6.96. The van der Waals surface area contributed by atoms with Crippen LogP contribution in [0.4, 0.5) is 0 Å². The maximum atomic E-state index is 10.8. The smallest absolute Gasteiger partial charge is 0.187 e. The Morgan fingerprint density at radius 3 is 1.70 bits per heavy atom. The summed E-state index contributed by atoms with van der Waals surface area (Å²) in [4.78, 5) is 0. The molecule has 0 aromatic rings. The molecule has 0 spiro atoms. The van der Waals surface area contributed by atoms with Gasteiger partial charge in [0.05, 0.1) is 55.9 Å². The number of rotatable bonds is 8. The van der Waals surface area contributed by atoms with Crippen LogP contribution in [0, 0.1) is 11.8 Å². The first-order valence-electron chi connectivity index (χ1n) is 15.4. The van der Waals surface area contributed by atoms with Gasteiger partial charge in [-0.25, -0.2) is 0 Å². The zero-order valence-corrected chi connectivity index (χ0v) is 24.5. The van der Waals surface area contributed by atoms with Gasteiger partial charge < -0.3 is 79.5 Å². The molecule has 0 amide bonds. The van der Waals surface area contributed by atoms with Crippen LogP contribution in [0.25, 0.3) is 0 Å². The number of aliphatic hydroxyl groups is 10. The maximum absolute atomic E-state index is 10.8. The molecule has 19 atom stereocenters. The normalized spacial score (nSPS) is 53.7. The van der Waals surface area contributed by atoms with Crippen molar-refractivity contribution in [1.29, 1.82) is 0 Å². The van der Waals surface area contributed by atoms with Gasteiger partial charge in [-0.15, -0.1) is 0 Å². The van der Waals surface area contributed by atoms with Crippen LogP contribution in [0.15, 0.2) is 0 Å². The zero-order chi connectivity index (χ0) is 31.9.